The predicted octanol–water partition coefficient (Wildman–Crippen LogP) is 4.33. The molecule has 0 unspecified atom stereocenters. The maximum absolute atomic E-state index is 5.83. The Morgan fingerprint density at radius 1 is 1.00 bits per heavy atom. The van der Waals surface area contributed by atoms with Crippen LogP contribution in [-0.4, -0.2) is 9.55 Å². The maximum Gasteiger partial charge on any atom is 0.167 e. The summed E-state index contributed by atoms with van der Waals surface area (Å²) < 4.78 is 8.77. The highest BCUT2D eigenvalue weighted by Crippen LogP contribution is 2.39. The summed E-state index contributed by atoms with van der Waals surface area (Å²) in [5.74, 6) is 1.83. The van der Waals surface area contributed by atoms with E-state index in [1.165, 1.54) is 0 Å². The Kier molecular flexibility index (Phi) is 2.63. The van der Waals surface area contributed by atoms with Crippen LogP contribution in [0.25, 0.3) is 22.6 Å². The molecule has 4 rings (SSSR count). The zero-order valence-corrected chi connectivity index (χ0v) is 12.2. The molecule has 0 atom stereocenters. The molecule has 0 N–H and O–H groups in total. The fourth-order valence-corrected chi connectivity index (χ4v) is 3.15. The van der Waals surface area contributed by atoms with Gasteiger partial charge in [-0.2, -0.15) is 0 Å². The van der Waals surface area contributed by atoms with Crippen molar-refractivity contribution in [2.24, 2.45) is 0 Å². The molecule has 0 amide bonds. The highest BCUT2D eigenvalue weighted by Gasteiger charge is 2.24. The molecule has 98 valence electrons. The Hall–Kier alpha value is -2.07. The molecule has 1 aliphatic rings. The number of rotatable bonds is 1. The first-order valence-electron chi connectivity index (χ1n) is 6.38. The van der Waals surface area contributed by atoms with Crippen molar-refractivity contribution in [1.29, 1.82) is 0 Å². The van der Waals surface area contributed by atoms with E-state index in [0.29, 0.717) is 6.73 Å². The highest BCUT2D eigenvalue weighted by atomic mass is 79.9. The molecular weight excluding hydrogens is 316 g/mol. The Morgan fingerprint density at radius 2 is 1.75 bits per heavy atom. The third-order valence-corrected chi connectivity index (χ3v) is 4.00. The van der Waals surface area contributed by atoms with Crippen molar-refractivity contribution in [3.05, 3.63) is 59.2 Å². The van der Waals surface area contributed by atoms with Gasteiger partial charge in [0.25, 0.3) is 0 Å². The van der Waals surface area contributed by atoms with Crippen LogP contribution in [0.5, 0.6) is 5.75 Å². The van der Waals surface area contributed by atoms with Gasteiger partial charge in [-0.25, -0.2) is 4.98 Å². The zero-order chi connectivity index (χ0) is 13.5. The normalized spacial score (nSPS) is 12.4. The quantitative estimate of drug-likeness (QED) is 0.665. The van der Waals surface area contributed by atoms with Crippen LogP contribution in [-0.2, 0) is 6.73 Å². The van der Waals surface area contributed by atoms with Crippen molar-refractivity contribution < 1.29 is 4.74 Å². The van der Waals surface area contributed by atoms with E-state index >= 15 is 0 Å². The largest absolute Gasteiger partial charge is 0.472 e. The van der Waals surface area contributed by atoms with Gasteiger partial charge >= 0.3 is 0 Å². The molecule has 0 fully saturated rings. The predicted molar refractivity (Wildman–Crippen MR) is 81.4 cm³/mol. The summed E-state index contributed by atoms with van der Waals surface area (Å²) in [6.07, 6.45) is 0. The standard InChI is InChI=1S/C16H11BrN2O/c17-15-14(11-6-2-1-3-7-11)19-10-20-13-9-5-4-8-12(13)16(19)18-15/h1-9H,10H2. The van der Waals surface area contributed by atoms with Crippen LogP contribution in [0.2, 0.25) is 0 Å². The van der Waals surface area contributed by atoms with E-state index in [0.717, 1.165) is 33.0 Å². The van der Waals surface area contributed by atoms with Crippen LogP contribution >= 0.6 is 15.9 Å². The zero-order valence-electron chi connectivity index (χ0n) is 10.6. The first-order chi connectivity index (χ1) is 9.84. The number of nitrogens with zero attached hydrogens (tertiary/aromatic N) is 2. The number of hydrogen-bond acceptors (Lipinski definition) is 2. The van der Waals surface area contributed by atoms with Crippen molar-refractivity contribution in [2.75, 3.05) is 0 Å². The van der Waals surface area contributed by atoms with Gasteiger partial charge in [0.05, 0.1) is 11.3 Å². The Bertz CT molecular complexity index is 780. The SMILES string of the molecule is Brc1nc2n(c1-c1ccccc1)COc1ccccc1-2. The van der Waals surface area contributed by atoms with Gasteiger partial charge in [0.2, 0.25) is 0 Å². The second-order valence-corrected chi connectivity index (χ2v) is 5.39. The third kappa shape index (κ3) is 1.68. The molecule has 2 aromatic carbocycles. The Balaban J connectivity index is 1.97. The lowest BCUT2D eigenvalue weighted by Crippen LogP contribution is -2.13. The molecule has 1 aromatic heterocycles. The molecule has 0 aliphatic carbocycles. The van der Waals surface area contributed by atoms with Crippen LogP contribution in [0.3, 0.4) is 0 Å². The van der Waals surface area contributed by atoms with Crippen LogP contribution in [0, 0.1) is 0 Å². The second-order valence-electron chi connectivity index (χ2n) is 4.64. The van der Waals surface area contributed by atoms with Crippen molar-refractivity contribution in [2.45, 2.75) is 6.73 Å². The van der Waals surface area contributed by atoms with E-state index in [1.54, 1.807) is 0 Å². The summed E-state index contributed by atoms with van der Waals surface area (Å²) in [6, 6.07) is 18.2. The van der Waals surface area contributed by atoms with E-state index < -0.39 is 0 Å². The minimum absolute atomic E-state index is 0.481. The number of imidazole rings is 1. The fourth-order valence-electron chi connectivity index (χ4n) is 2.54. The van der Waals surface area contributed by atoms with Gasteiger partial charge in [0.15, 0.2) is 6.73 Å². The van der Waals surface area contributed by atoms with Gasteiger partial charge in [-0.1, -0.05) is 42.5 Å². The van der Waals surface area contributed by atoms with E-state index in [4.69, 9.17) is 4.74 Å². The summed E-state index contributed by atoms with van der Waals surface area (Å²) in [7, 11) is 0. The minimum Gasteiger partial charge on any atom is -0.472 e. The summed E-state index contributed by atoms with van der Waals surface area (Å²) in [6.45, 7) is 0.481. The van der Waals surface area contributed by atoms with Crippen LogP contribution < -0.4 is 4.74 Å². The van der Waals surface area contributed by atoms with Crippen molar-refractivity contribution in [3.63, 3.8) is 0 Å². The Morgan fingerprint density at radius 3 is 2.60 bits per heavy atom. The van der Waals surface area contributed by atoms with Gasteiger partial charge in [-0.15, -0.1) is 0 Å². The smallest absolute Gasteiger partial charge is 0.167 e. The summed E-state index contributed by atoms with van der Waals surface area (Å²) >= 11 is 3.58. The van der Waals surface area contributed by atoms with Crippen molar-refractivity contribution in [3.8, 4) is 28.4 Å². The maximum atomic E-state index is 5.83. The first-order valence-corrected chi connectivity index (χ1v) is 7.17. The van der Waals surface area contributed by atoms with E-state index in [-0.39, 0.29) is 0 Å². The number of ether oxygens (including phenoxy) is 1. The average Bonchev–Trinajstić information content (AvgIpc) is 2.84. The number of fused-ring (bicyclic) bond motifs is 3. The van der Waals surface area contributed by atoms with Crippen molar-refractivity contribution in [1.82, 2.24) is 9.55 Å². The third-order valence-electron chi connectivity index (χ3n) is 3.45. The molecule has 1 aliphatic heterocycles. The molecule has 20 heavy (non-hydrogen) atoms. The number of halogens is 1. The summed E-state index contributed by atoms with van der Waals surface area (Å²) in [5.41, 5.74) is 3.21. The molecule has 0 saturated carbocycles. The van der Waals surface area contributed by atoms with Gasteiger partial charge in [-0.3, -0.25) is 4.57 Å². The van der Waals surface area contributed by atoms with Gasteiger partial charge < -0.3 is 4.74 Å². The van der Waals surface area contributed by atoms with Gasteiger partial charge in [-0.05, 0) is 28.1 Å². The molecule has 0 spiro atoms. The minimum atomic E-state index is 0.481. The van der Waals surface area contributed by atoms with Crippen LogP contribution in [0.1, 0.15) is 0 Å². The number of hydrogen-bond donors (Lipinski definition) is 0. The number of para-hydroxylation sites is 1. The van der Waals surface area contributed by atoms with Gasteiger partial charge in [0, 0.05) is 5.56 Å². The molecule has 3 aromatic rings. The molecule has 3 nitrogen and oxygen atoms in total. The lowest BCUT2D eigenvalue weighted by atomic mass is 10.1. The molecule has 0 radical (unpaired) electrons. The molecule has 0 bridgehead atoms. The first kappa shape index (κ1) is 11.7. The fraction of sp³-hybridized carbons (Fsp3) is 0.0625. The lowest BCUT2D eigenvalue weighted by molar-refractivity contribution is 0.231. The van der Waals surface area contributed by atoms with E-state index in [9.17, 15) is 0 Å². The summed E-state index contributed by atoms with van der Waals surface area (Å²) in [4.78, 5) is 4.67. The van der Waals surface area contributed by atoms with E-state index in [1.807, 2.05) is 42.5 Å². The molecule has 2 heterocycles. The molecule has 4 heteroatoms. The number of aromatic nitrogens is 2. The second kappa shape index (κ2) is 4.49. The number of benzene rings is 2. The molecule has 0 saturated heterocycles. The topological polar surface area (TPSA) is 27.1 Å². The van der Waals surface area contributed by atoms with Crippen LogP contribution in [0.4, 0.5) is 0 Å². The lowest BCUT2D eigenvalue weighted by Gasteiger charge is -2.20. The van der Waals surface area contributed by atoms with E-state index in [2.05, 4.69) is 37.6 Å². The summed E-state index contributed by atoms with van der Waals surface area (Å²) in [5, 5.41) is 0. The van der Waals surface area contributed by atoms with Gasteiger partial charge in [0.1, 0.15) is 16.2 Å². The molecular formula is C16H11BrN2O. The van der Waals surface area contributed by atoms with Crippen LogP contribution in [0.15, 0.2) is 59.2 Å². The monoisotopic (exact) mass is 326 g/mol. The highest BCUT2D eigenvalue weighted by molar-refractivity contribution is 9.10. The Labute approximate surface area is 125 Å². The van der Waals surface area contributed by atoms with Crippen molar-refractivity contribution >= 4 is 15.9 Å². The average molecular weight is 327 g/mol.